The van der Waals surface area contributed by atoms with Gasteiger partial charge in [0.05, 0.1) is 24.6 Å². The molecule has 0 saturated carbocycles. The van der Waals surface area contributed by atoms with E-state index < -0.39 is 0 Å². The minimum absolute atomic E-state index is 0.233. The van der Waals surface area contributed by atoms with Crippen LogP contribution in [0.2, 0.25) is 0 Å². The quantitative estimate of drug-likeness (QED) is 0.294. The van der Waals surface area contributed by atoms with E-state index in [0.717, 1.165) is 44.1 Å². The number of aromatic nitrogens is 1. The molecule has 0 bridgehead atoms. The van der Waals surface area contributed by atoms with Crippen molar-refractivity contribution in [1.82, 2.24) is 4.98 Å². The van der Waals surface area contributed by atoms with E-state index in [1.807, 2.05) is 49.4 Å². The summed E-state index contributed by atoms with van der Waals surface area (Å²) >= 11 is 0. The summed E-state index contributed by atoms with van der Waals surface area (Å²) in [5.74, 6) is 0.412. The molecule has 3 aromatic carbocycles. The van der Waals surface area contributed by atoms with Gasteiger partial charge in [-0.3, -0.25) is 9.78 Å². The predicted molar refractivity (Wildman–Crippen MR) is 137 cm³/mol. The van der Waals surface area contributed by atoms with Crippen LogP contribution >= 0.6 is 0 Å². The molecule has 0 aliphatic carbocycles. The molecule has 0 atom stereocenters. The lowest BCUT2D eigenvalue weighted by Gasteiger charge is -2.11. The molecule has 0 aliphatic heterocycles. The second-order valence-electron chi connectivity index (χ2n) is 8.26. The molecule has 5 heteroatoms. The Bertz CT molecular complexity index is 1540. The summed E-state index contributed by atoms with van der Waals surface area (Å²) in [6.45, 7) is 3.96. The summed E-state index contributed by atoms with van der Waals surface area (Å²) in [4.78, 5) is 17.3. The van der Waals surface area contributed by atoms with Crippen molar-refractivity contribution in [2.24, 2.45) is 0 Å². The Labute approximate surface area is 197 Å². The zero-order valence-corrected chi connectivity index (χ0v) is 19.3. The number of nitrogens with zero attached hydrogens (tertiary/aromatic N) is 1. The predicted octanol–water partition coefficient (Wildman–Crippen LogP) is 7.01. The SMILES string of the molecule is COc1cc2occ(-c3ccc(C)cc3)c2cc1/C(C)=C/C(=O)Nc1cccc2cccnc12. The Hall–Kier alpha value is -4.38. The highest BCUT2D eigenvalue weighted by Gasteiger charge is 2.15. The van der Waals surface area contributed by atoms with Crippen molar-refractivity contribution in [2.45, 2.75) is 13.8 Å². The van der Waals surface area contributed by atoms with Gasteiger partial charge in [0.2, 0.25) is 5.91 Å². The fourth-order valence-electron chi connectivity index (χ4n) is 4.14. The minimum atomic E-state index is -0.233. The normalized spacial score (nSPS) is 11.7. The van der Waals surface area contributed by atoms with Crippen LogP contribution in [0.1, 0.15) is 18.1 Å². The number of allylic oxidation sites excluding steroid dienone is 1. The first-order chi connectivity index (χ1) is 16.5. The lowest BCUT2D eigenvalue weighted by Crippen LogP contribution is -2.09. The first-order valence-corrected chi connectivity index (χ1v) is 11.0. The molecule has 0 fully saturated rings. The van der Waals surface area contributed by atoms with Crippen LogP contribution in [0.5, 0.6) is 5.75 Å². The number of pyridine rings is 1. The van der Waals surface area contributed by atoms with Crippen molar-refractivity contribution >= 4 is 39.0 Å². The number of aryl methyl sites for hydroxylation is 1. The van der Waals surface area contributed by atoms with Gasteiger partial charge >= 0.3 is 0 Å². The number of benzene rings is 3. The summed E-state index contributed by atoms with van der Waals surface area (Å²) in [5.41, 5.74) is 7.04. The topological polar surface area (TPSA) is 64.4 Å². The Kier molecular flexibility index (Phi) is 5.60. The molecular formula is C29H24N2O3. The maximum absolute atomic E-state index is 12.9. The van der Waals surface area contributed by atoms with Crippen LogP contribution in [-0.2, 0) is 4.79 Å². The molecule has 168 valence electrons. The Morgan fingerprint density at radius 3 is 2.65 bits per heavy atom. The van der Waals surface area contributed by atoms with E-state index in [4.69, 9.17) is 9.15 Å². The van der Waals surface area contributed by atoms with Crippen LogP contribution in [0, 0.1) is 6.92 Å². The summed E-state index contributed by atoms with van der Waals surface area (Å²) < 4.78 is 11.4. The fraction of sp³-hybridized carbons (Fsp3) is 0.103. The molecule has 1 N–H and O–H groups in total. The number of hydrogen-bond donors (Lipinski definition) is 1. The van der Waals surface area contributed by atoms with E-state index in [0.29, 0.717) is 11.4 Å². The average molecular weight is 449 g/mol. The molecule has 0 spiro atoms. The number of nitrogens with one attached hydrogen (secondary N) is 1. The molecule has 5 aromatic rings. The molecule has 0 aliphatic rings. The lowest BCUT2D eigenvalue weighted by atomic mass is 9.99. The van der Waals surface area contributed by atoms with Crippen molar-refractivity contribution in [3.05, 3.63) is 96.4 Å². The van der Waals surface area contributed by atoms with Crippen molar-refractivity contribution in [2.75, 3.05) is 12.4 Å². The van der Waals surface area contributed by atoms with Gasteiger partial charge in [-0.2, -0.15) is 0 Å². The van der Waals surface area contributed by atoms with Gasteiger partial charge in [0.15, 0.2) is 0 Å². The monoisotopic (exact) mass is 448 g/mol. The number of hydrogen-bond acceptors (Lipinski definition) is 4. The number of furan rings is 1. The average Bonchev–Trinajstić information content (AvgIpc) is 3.26. The molecule has 2 heterocycles. The van der Waals surface area contributed by atoms with Crippen LogP contribution in [0.4, 0.5) is 5.69 Å². The van der Waals surface area contributed by atoms with E-state index in [9.17, 15) is 4.79 Å². The number of ether oxygens (including phenoxy) is 1. The maximum atomic E-state index is 12.9. The molecule has 5 nitrogen and oxygen atoms in total. The van der Waals surface area contributed by atoms with Crippen molar-refractivity contribution in [3.63, 3.8) is 0 Å². The number of anilines is 1. The number of para-hydroxylation sites is 1. The van der Waals surface area contributed by atoms with Gasteiger partial charge in [0.25, 0.3) is 0 Å². The molecule has 1 amide bonds. The van der Waals surface area contributed by atoms with Gasteiger partial charge < -0.3 is 14.5 Å². The largest absolute Gasteiger partial charge is 0.496 e. The zero-order chi connectivity index (χ0) is 23.7. The highest BCUT2D eigenvalue weighted by molar-refractivity contribution is 6.08. The van der Waals surface area contributed by atoms with E-state index in [-0.39, 0.29) is 5.91 Å². The third-order valence-corrected chi connectivity index (χ3v) is 5.92. The molecule has 0 unspecified atom stereocenters. The molecule has 0 saturated heterocycles. The molecule has 0 radical (unpaired) electrons. The standard InChI is InChI=1S/C29H24N2O3/c1-18-9-11-20(12-10-18)24-17-34-27-16-26(33-3)22(15-23(24)27)19(2)14-28(32)31-25-8-4-6-21-7-5-13-30-29(21)25/h4-17H,1-3H3,(H,31,32)/b19-14+. The summed E-state index contributed by atoms with van der Waals surface area (Å²) in [5, 5.41) is 4.89. The second-order valence-corrected chi connectivity index (χ2v) is 8.26. The van der Waals surface area contributed by atoms with E-state index in [2.05, 4.69) is 41.5 Å². The van der Waals surface area contributed by atoms with E-state index in [1.165, 1.54) is 5.56 Å². The Morgan fingerprint density at radius 2 is 1.85 bits per heavy atom. The number of methoxy groups -OCH3 is 1. The van der Waals surface area contributed by atoms with Crippen molar-refractivity contribution in [1.29, 1.82) is 0 Å². The van der Waals surface area contributed by atoms with Gasteiger partial charge in [0, 0.05) is 40.2 Å². The molecule has 34 heavy (non-hydrogen) atoms. The van der Waals surface area contributed by atoms with Gasteiger partial charge in [-0.05, 0) is 43.2 Å². The smallest absolute Gasteiger partial charge is 0.248 e. The van der Waals surface area contributed by atoms with Crippen molar-refractivity contribution < 1.29 is 13.9 Å². The highest BCUT2D eigenvalue weighted by Crippen LogP contribution is 2.37. The number of carbonyl (C=O) groups is 1. The van der Waals surface area contributed by atoms with Crippen LogP contribution in [-0.4, -0.2) is 18.0 Å². The number of fused-ring (bicyclic) bond motifs is 2. The van der Waals surface area contributed by atoms with E-state index in [1.54, 1.807) is 25.6 Å². The summed E-state index contributed by atoms with van der Waals surface area (Å²) in [7, 11) is 1.61. The van der Waals surface area contributed by atoms with E-state index >= 15 is 0 Å². The molecular weight excluding hydrogens is 424 g/mol. The maximum Gasteiger partial charge on any atom is 0.248 e. The number of rotatable bonds is 5. The Morgan fingerprint density at radius 1 is 1.06 bits per heavy atom. The van der Waals surface area contributed by atoms with Crippen LogP contribution in [0.3, 0.4) is 0 Å². The van der Waals surface area contributed by atoms with Crippen LogP contribution < -0.4 is 10.1 Å². The summed E-state index contributed by atoms with van der Waals surface area (Å²) in [6.07, 6.45) is 5.06. The van der Waals surface area contributed by atoms with Gasteiger partial charge in [-0.15, -0.1) is 0 Å². The second kappa shape index (κ2) is 8.87. The fourth-order valence-corrected chi connectivity index (χ4v) is 4.14. The zero-order valence-electron chi connectivity index (χ0n) is 19.3. The van der Waals surface area contributed by atoms with Crippen LogP contribution in [0.25, 0.3) is 38.6 Å². The minimum Gasteiger partial charge on any atom is -0.496 e. The van der Waals surface area contributed by atoms with Gasteiger partial charge in [-0.1, -0.05) is 48.0 Å². The third kappa shape index (κ3) is 4.04. The third-order valence-electron chi connectivity index (χ3n) is 5.92. The lowest BCUT2D eigenvalue weighted by molar-refractivity contribution is -0.111. The molecule has 5 rings (SSSR count). The van der Waals surface area contributed by atoms with Crippen molar-refractivity contribution in [3.8, 4) is 16.9 Å². The highest BCUT2D eigenvalue weighted by atomic mass is 16.5. The molecule has 2 aromatic heterocycles. The number of amides is 1. The first kappa shape index (κ1) is 21.5. The van der Waals surface area contributed by atoms with Crippen LogP contribution in [0.15, 0.2) is 89.7 Å². The Balaban J connectivity index is 1.51. The number of carbonyl (C=O) groups excluding carboxylic acids is 1. The van der Waals surface area contributed by atoms with Gasteiger partial charge in [0.1, 0.15) is 11.3 Å². The summed E-state index contributed by atoms with van der Waals surface area (Å²) in [6, 6.07) is 21.8. The van der Waals surface area contributed by atoms with Gasteiger partial charge in [-0.25, -0.2) is 0 Å². The first-order valence-electron chi connectivity index (χ1n) is 11.0.